The summed E-state index contributed by atoms with van der Waals surface area (Å²) in [7, 11) is 0. The van der Waals surface area contributed by atoms with E-state index in [-0.39, 0.29) is 0 Å². The first-order valence-electron chi connectivity index (χ1n) is 19.2. The molecule has 11 rings (SSSR count). The SMILES string of the molecule is c1ccc(-c2ccc(N(c3ccc4sc5c6ccccc6ccc5c4c3)c3ccccc3-c3ccc(-c4cc5ccccc5c5ccccc45)cc3)cc2)cc1. The standard InChI is InChI=1S/C54H35NS/c1-2-12-36(13-3-1)37-26-29-42(30-27-37)55(43-31-33-53-51(35-43)49-32-28-38-14-4-7-18-46(38)54(49)56-53)52-21-11-10-17-45(52)39-22-24-40(25-23-39)50-34-41-15-5-6-16-44(41)47-19-8-9-20-48(47)50/h1-35H. The summed E-state index contributed by atoms with van der Waals surface area (Å²) in [5.74, 6) is 0. The molecule has 10 aromatic carbocycles. The zero-order chi connectivity index (χ0) is 37.0. The van der Waals surface area contributed by atoms with Crippen molar-refractivity contribution < 1.29 is 0 Å². The first-order chi connectivity index (χ1) is 27.8. The van der Waals surface area contributed by atoms with Gasteiger partial charge in [0.05, 0.1) is 5.69 Å². The van der Waals surface area contributed by atoms with Crippen LogP contribution in [0.1, 0.15) is 0 Å². The van der Waals surface area contributed by atoms with Crippen LogP contribution in [0.25, 0.3) is 85.9 Å². The monoisotopic (exact) mass is 729 g/mol. The Balaban J connectivity index is 1.06. The van der Waals surface area contributed by atoms with Gasteiger partial charge in [-0.3, -0.25) is 0 Å². The second-order valence-corrected chi connectivity index (χ2v) is 15.5. The minimum Gasteiger partial charge on any atom is -0.310 e. The Hall–Kier alpha value is -7.00. The van der Waals surface area contributed by atoms with Crippen LogP contribution in [-0.4, -0.2) is 0 Å². The smallest absolute Gasteiger partial charge is 0.0540 e. The van der Waals surface area contributed by atoms with Crippen molar-refractivity contribution in [2.45, 2.75) is 0 Å². The molecule has 0 radical (unpaired) electrons. The van der Waals surface area contributed by atoms with Gasteiger partial charge in [-0.15, -0.1) is 11.3 Å². The lowest BCUT2D eigenvalue weighted by Crippen LogP contribution is -2.11. The van der Waals surface area contributed by atoms with Gasteiger partial charge in [-0.25, -0.2) is 0 Å². The molecule has 0 N–H and O–H groups in total. The maximum absolute atomic E-state index is 2.43. The van der Waals surface area contributed by atoms with Crippen molar-refractivity contribution in [3.63, 3.8) is 0 Å². The Labute approximate surface area is 330 Å². The van der Waals surface area contributed by atoms with E-state index in [1.54, 1.807) is 0 Å². The van der Waals surface area contributed by atoms with Gasteiger partial charge >= 0.3 is 0 Å². The molecule has 2 heteroatoms. The summed E-state index contributed by atoms with van der Waals surface area (Å²) < 4.78 is 2.64. The third-order valence-corrected chi connectivity index (χ3v) is 12.5. The predicted octanol–water partition coefficient (Wildman–Crippen LogP) is 16.0. The molecule has 0 aliphatic heterocycles. The molecule has 0 unspecified atom stereocenters. The van der Waals surface area contributed by atoms with Crippen LogP contribution in [0.4, 0.5) is 17.1 Å². The first-order valence-corrected chi connectivity index (χ1v) is 20.0. The van der Waals surface area contributed by atoms with Crippen LogP contribution in [0.2, 0.25) is 0 Å². The number of hydrogen-bond donors (Lipinski definition) is 0. The molecule has 262 valence electrons. The number of fused-ring (bicyclic) bond motifs is 8. The molecular formula is C54H35NS. The second-order valence-electron chi connectivity index (χ2n) is 14.5. The van der Waals surface area contributed by atoms with Crippen molar-refractivity contribution >= 4 is 80.9 Å². The van der Waals surface area contributed by atoms with Crippen LogP contribution in [0, 0.1) is 0 Å². The minimum atomic E-state index is 1.11. The number of para-hydroxylation sites is 1. The molecule has 0 saturated heterocycles. The number of thiophene rings is 1. The average Bonchev–Trinajstić information content (AvgIpc) is 3.66. The van der Waals surface area contributed by atoms with Crippen LogP contribution in [-0.2, 0) is 0 Å². The molecule has 1 heterocycles. The Kier molecular flexibility index (Phi) is 7.75. The lowest BCUT2D eigenvalue weighted by atomic mass is 9.92. The summed E-state index contributed by atoms with van der Waals surface area (Å²) in [6.07, 6.45) is 0. The third kappa shape index (κ3) is 5.46. The molecule has 56 heavy (non-hydrogen) atoms. The molecule has 1 nitrogen and oxygen atoms in total. The number of hydrogen-bond acceptors (Lipinski definition) is 2. The van der Waals surface area contributed by atoms with E-state index in [1.165, 1.54) is 85.9 Å². The Bertz CT molecular complexity index is 3230. The first kappa shape index (κ1) is 32.4. The van der Waals surface area contributed by atoms with Crippen molar-refractivity contribution in [1.29, 1.82) is 0 Å². The molecule has 0 atom stereocenters. The van der Waals surface area contributed by atoms with E-state index >= 15 is 0 Å². The minimum absolute atomic E-state index is 1.11. The van der Waals surface area contributed by atoms with E-state index < -0.39 is 0 Å². The lowest BCUT2D eigenvalue weighted by molar-refractivity contribution is 1.29. The Morgan fingerprint density at radius 1 is 0.304 bits per heavy atom. The molecular weight excluding hydrogens is 695 g/mol. The van der Waals surface area contributed by atoms with Crippen molar-refractivity contribution in [3.05, 3.63) is 212 Å². The van der Waals surface area contributed by atoms with Gasteiger partial charge in [-0.1, -0.05) is 170 Å². The molecule has 0 amide bonds. The van der Waals surface area contributed by atoms with Gasteiger partial charge in [0.15, 0.2) is 0 Å². The zero-order valence-corrected chi connectivity index (χ0v) is 31.4. The molecule has 0 aliphatic rings. The number of benzene rings is 10. The van der Waals surface area contributed by atoms with Crippen LogP contribution in [0.3, 0.4) is 0 Å². The van der Waals surface area contributed by atoms with Gasteiger partial charge in [0.1, 0.15) is 0 Å². The maximum Gasteiger partial charge on any atom is 0.0540 e. The maximum atomic E-state index is 2.43. The lowest BCUT2D eigenvalue weighted by Gasteiger charge is -2.28. The van der Waals surface area contributed by atoms with Crippen LogP contribution >= 0.6 is 11.3 Å². The fourth-order valence-corrected chi connectivity index (χ4v) is 9.75. The third-order valence-electron chi connectivity index (χ3n) is 11.3. The van der Waals surface area contributed by atoms with Gasteiger partial charge in [0, 0.05) is 37.1 Å². The number of nitrogens with zero attached hydrogens (tertiary/aromatic N) is 1. The summed E-state index contributed by atoms with van der Waals surface area (Å²) in [5, 5.41) is 10.3. The number of rotatable bonds is 6. The van der Waals surface area contributed by atoms with Gasteiger partial charge in [-0.05, 0) is 103 Å². The van der Waals surface area contributed by atoms with E-state index in [9.17, 15) is 0 Å². The van der Waals surface area contributed by atoms with Crippen molar-refractivity contribution in [2.24, 2.45) is 0 Å². The van der Waals surface area contributed by atoms with Gasteiger partial charge in [0.25, 0.3) is 0 Å². The highest BCUT2D eigenvalue weighted by Gasteiger charge is 2.19. The largest absolute Gasteiger partial charge is 0.310 e. The summed E-state index contributed by atoms with van der Waals surface area (Å²) in [4.78, 5) is 2.43. The van der Waals surface area contributed by atoms with E-state index in [1.807, 2.05) is 11.3 Å². The molecule has 11 aromatic rings. The highest BCUT2D eigenvalue weighted by Crippen LogP contribution is 2.45. The normalized spacial score (nSPS) is 11.6. The topological polar surface area (TPSA) is 3.24 Å². The summed E-state index contributed by atoms with van der Waals surface area (Å²) in [6.45, 7) is 0. The fourth-order valence-electron chi connectivity index (χ4n) is 8.53. The summed E-state index contributed by atoms with van der Waals surface area (Å²) >= 11 is 1.88. The second kappa shape index (κ2) is 13.4. The van der Waals surface area contributed by atoms with Gasteiger partial charge in [-0.2, -0.15) is 0 Å². The summed E-state index contributed by atoms with van der Waals surface area (Å²) in [6, 6.07) is 77.7. The van der Waals surface area contributed by atoms with E-state index in [0.717, 1.165) is 17.1 Å². The molecule has 1 aromatic heterocycles. The Morgan fingerprint density at radius 3 is 1.70 bits per heavy atom. The fraction of sp³-hybridized carbons (Fsp3) is 0. The van der Waals surface area contributed by atoms with Crippen molar-refractivity contribution in [2.75, 3.05) is 4.90 Å². The highest BCUT2D eigenvalue weighted by atomic mass is 32.1. The Morgan fingerprint density at radius 2 is 0.893 bits per heavy atom. The summed E-state index contributed by atoms with van der Waals surface area (Å²) in [5.41, 5.74) is 10.6. The molecule has 0 bridgehead atoms. The average molecular weight is 730 g/mol. The predicted molar refractivity (Wildman–Crippen MR) is 243 cm³/mol. The van der Waals surface area contributed by atoms with Gasteiger partial charge < -0.3 is 4.90 Å². The molecule has 0 fully saturated rings. The quantitative estimate of drug-likeness (QED) is 0.154. The number of anilines is 3. The molecule has 0 saturated carbocycles. The van der Waals surface area contributed by atoms with Crippen molar-refractivity contribution in [1.82, 2.24) is 0 Å². The molecule has 0 aliphatic carbocycles. The van der Waals surface area contributed by atoms with Crippen LogP contribution in [0.15, 0.2) is 212 Å². The van der Waals surface area contributed by atoms with E-state index in [2.05, 4.69) is 217 Å². The zero-order valence-electron chi connectivity index (χ0n) is 30.6. The van der Waals surface area contributed by atoms with Crippen molar-refractivity contribution in [3.8, 4) is 33.4 Å². The van der Waals surface area contributed by atoms with Crippen LogP contribution < -0.4 is 4.90 Å². The molecule has 0 spiro atoms. The van der Waals surface area contributed by atoms with E-state index in [0.29, 0.717) is 0 Å². The van der Waals surface area contributed by atoms with Gasteiger partial charge in [0.2, 0.25) is 0 Å². The van der Waals surface area contributed by atoms with E-state index in [4.69, 9.17) is 0 Å². The van der Waals surface area contributed by atoms with Crippen LogP contribution in [0.5, 0.6) is 0 Å². The highest BCUT2D eigenvalue weighted by molar-refractivity contribution is 7.26.